The molecule has 6 heteroatoms. The molecule has 132 valence electrons. The van der Waals surface area contributed by atoms with Crippen LogP contribution < -0.4 is 0 Å². The second-order valence-electron chi connectivity index (χ2n) is 6.06. The Labute approximate surface area is 137 Å². The zero-order chi connectivity index (χ0) is 17.3. The lowest BCUT2D eigenvalue weighted by molar-refractivity contribution is -0.201. The molecule has 1 N–H and O–H groups in total. The number of ether oxygens (including phenoxy) is 2. The van der Waals surface area contributed by atoms with Gasteiger partial charge in [-0.15, -0.1) is 0 Å². The van der Waals surface area contributed by atoms with Crippen LogP contribution in [0.1, 0.15) is 78.1 Å². The van der Waals surface area contributed by atoms with Crippen molar-refractivity contribution in [2.75, 3.05) is 0 Å². The summed E-state index contributed by atoms with van der Waals surface area (Å²) in [5.74, 6) is -2.21. The molecule has 1 aliphatic rings. The van der Waals surface area contributed by atoms with Gasteiger partial charge in [-0.25, -0.2) is 4.79 Å². The molecule has 0 spiro atoms. The van der Waals surface area contributed by atoms with Gasteiger partial charge in [0.05, 0.1) is 0 Å². The van der Waals surface area contributed by atoms with E-state index in [4.69, 9.17) is 9.47 Å². The van der Waals surface area contributed by atoms with Crippen molar-refractivity contribution in [2.24, 2.45) is 0 Å². The number of esters is 2. The highest BCUT2D eigenvalue weighted by Gasteiger charge is 2.50. The minimum Gasteiger partial charge on any atom is -0.478 e. The van der Waals surface area contributed by atoms with Gasteiger partial charge in [-0.2, -0.15) is 0 Å². The largest absolute Gasteiger partial charge is 0.478 e. The Morgan fingerprint density at radius 1 is 1.09 bits per heavy atom. The molecule has 0 radical (unpaired) electrons. The molecule has 0 aromatic heterocycles. The van der Waals surface area contributed by atoms with E-state index >= 15 is 0 Å². The first kappa shape index (κ1) is 19.5. The fourth-order valence-corrected chi connectivity index (χ4v) is 2.89. The van der Waals surface area contributed by atoms with E-state index in [9.17, 15) is 19.5 Å². The van der Waals surface area contributed by atoms with Gasteiger partial charge in [-0.1, -0.05) is 39.5 Å². The van der Waals surface area contributed by atoms with E-state index in [2.05, 4.69) is 0 Å². The Balaban J connectivity index is 3.08. The monoisotopic (exact) mass is 328 g/mol. The molecule has 2 unspecified atom stereocenters. The van der Waals surface area contributed by atoms with Crippen LogP contribution in [0.25, 0.3) is 0 Å². The molecule has 0 amide bonds. The van der Waals surface area contributed by atoms with E-state index in [-0.39, 0.29) is 19.3 Å². The van der Waals surface area contributed by atoms with E-state index in [1.807, 2.05) is 6.92 Å². The Hall–Kier alpha value is -1.59. The van der Waals surface area contributed by atoms with Crippen LogP contribution in [-0.4, -0.2) is 34.7 Å². The van der Waals surface area contributed by atoms with Crippen LogP contribution >= 0.6 is 0 Å². The lowest BCUT2D eigenvalue weighted by Gasteiger charge is -2.35. The van der Waals surface area contributed by atoms with Gasteiger partial charge in [-0.3, -0.25) is 9.59 Å². The molecule has 1 saturated heterocycles. The highest BCUT2D eigenvalue weighted by atomic mass is 16.6. The third kappa shape index (κ3) is 5.52. The molecular weight excluding hydrogens is 300 g/mol. The van der Waals surface area contributed by atoms with Crippen molar-refractivity contribution in [3.8, 4) is 0 Å². The van der Waals surface area contributed by atoms with Crippen molar-refractivity contribution in [3.63, 3.8) is 0 Å². The summed E-state index contributed by atoms with van der Waals surface area (Å²) in [6, 6.07) is 0. The van der Waals surface area contributed by atoms with Crippen molar-refractivity contribution in [3.05, 3.63) is 0 Å². The van der Waals surface area contributed by atoms with E-state index in [0.717, 1.165) is 25.7 Å². The average molecular weight is 328 g/mol. The summed E-state index contributed by atoms with van der Waals surface area (Å²) in [7, 11) is 0. The Bertz CT molecular complexity index is 419. The molecule has 0 aliphatic carbocycles. The van der Waals surface area contributed by atoms with Crippen LogP contribution in [0.15, 0.2) is 0 Å². The van der Waals surface area contributed by atoms with Crippen LogP contribution in [-0.2, 0) is 23.9 Å². The van der Waals surface area contributed by atoms with Crippen LogP contribution in [0.5, 0.6) is 0 Å². The number of carbonyl (C=O) groups is 3. The van der Waals surface area contributed by atoms with Crippen LogP contribution in [0.3, 0.4) is 0 Å². The lowest BCUT2D eigenvalue weighted by atomic mass is 9.90. The standard InChI is InChI=1S/C17H28O6/c1-3-10-13-17(4-2,16(20)21)23-15(19)12-9-7-5-6-8-11-14(18)22-13/h13H,3-12H2,1-2H3,(H,20,21). The average Bonchev–Trinajstić information content (AvgIpc) is 2.51. The highest BCUT2D eigenvalue weighted by Crippen LogP contribution is 2.29. The summed E-state index contributed by atoms with van der Waals surface area (Å²) in [5.41, 5.74) is -1.79. The first-order valence-electron chi connectivity index (χ1n) is 8.61. The summed E-state index contributed by atoms with van der Waals surface area (Å²) >= 11 is 0. The van der Waals surface area contributed by atoms with Gasteiger partial charge < -0.3 is 14.6 Å². The Morgan fingerprint density at radius 3 is 2.17 bits per heavy atom. The number of aliphatic carboxylic acids is 1. The fourth-order valence-electron chi connectivity index (χ4n) is 2.89. The van der Waals surface area contributed by atoms with E-state index in [0.29, 0.717) is 19.3 Å². The Kier molecular flexibility index (Phi) is 8.06. The number of hydrogen-bond donors (Lipinski definition) is 1. The number of cyclic esters (lactones) is 2. The summed E-state index contributed by atoms with van der Waals surface area (Å²) < 4.78 is 10.8. The van der Waals surface area contributed by atoms with Crippen molar-refractivity contribution >= 4 is 17.9 Å². The molecule has 0 aromatic carbocycles. The van der Waals surface area contributed by atoms with Crippen molar-refractivity contribution < 1.29 is 29.0 Å². The van der Waals surface area contributed by atoms with Crippen molar-refractivity contribution in [1.29, 1.82) is 0 Å². The first-order valence-corrected chi connectivity index (χ1v) is 8.61. The molecule has 6 nitrogen and oxygen atoms in total. The highest BCUT2D eigenvalue weighted by molar-refractivity contribution is 5.83. The normalized spacial score (nSPS) is 27.8. The minimum atomic E-state index is -1.79. The maximum absolute atomic E-state index is 12.1. The molecule has 0 bridgehead atoms. The quantitative estimate of drug-likeness (QED) is 0.797. The predicted octanol–water partition coefficient (Wildman–Crippen LogP) is 3.22. The number of carboxylic acid groups (broad SMARTS) is 1. The summed E-state index contributed by atoms with van der Waals surface area (Å²) in [6.45, 7) is 3.51. The maximum atomic E-state index is 12.1. The van der Waals surface area contributed by atoms with Gasteiger partial charge in [0, 0.05) is 12.8 Å². The van der Waals surface area contributed by atoms with E-state index < -0.39 is 29.6 Å². The fraction of sp³-hybridized carbons (Fsp3) is 0.824. The third-order valence-corrected chi connectivity index (χ3v) is 4.29. The predicted molar refractivity (Wildman–Crippen MR) is 83.9 cm³/mol. The van der Waals surface area contributed by atoms with Gasteiger partial charge in [0.25, 0.3) is 0 Å². The zero-order valence-corrected chi connectivity index (χ0v) is 14.1. The molecule has 1 heterocycles. The molecule has 0 aromatic rings. The van der Waals surface area contributed by atoms with Crippen LogP contribution in [0.4, 0.5) is 0 Å². The van der Waals surface area contributed by atoms with Gasteiger partial charge in [0.2, 0.25) is 5.60 Å². The number of hydrogen-bond acceptors (Lipinski definition) is 5. The van der Waals surface area contributed by atoms with Crippen molar-refractivity contribution in [1.82, 2.24) is 0 Å². The molecule has 23 heavy (non-hydrogen) atoms. The van der Waals surface area contributed by atoms with Crippen LogP contribution in [0, 0.1) is 0 Å². The zero-order valence-electron chi connectivity index (χ0n) is 14.1. The summed E-state index contributed by atoms with van der Waals surface area (Å²) in [4.78, 5) is 36.0. The summed E-state index contributed by atoms with van der Waals surface area (Å²) in [6.07, 6.45) is 4.66. The number of rotatable bonds is 4. The first-order chi connectivity index (χ1) is 11.0. The number of carbonyl (C=O) groups excluding carboxylic acids is 2. The molecular formula is C17H28O6. The van der Waals surface area contributed by atoms with Crippen molar-refractivity contribution in [2.45, 2.75) is 89.8 Å². The minimum absolute atomic E-state index is 0.0615. The van der Waals surface area contributed by atoms with E-state index in [1.54, 1.807) is 6.92 Å². The maximum Gasteiger partial charge on any atom is 0.352 e. The summed E-state index contributed by atoms with van der Waals surface area (Å²) in [5, 5.41) is 9.68. The molecule has 1 aliphatic heterocycles. The molecule has 1 rings (SSSR count). The smallest absolute Gasteiger partial charge is 0.352 e. The van der Waals surface area contributed by atoms with Gasteiger partial charge in [0.1, 0.15) is 0 Å². The SMILES string of the molecule is CCCC1OC(=O)CCCCCCCC(=O)OC1(CC)C(=O)O. The molecule has 0 saturated carbocycles. The third-order valence-electron chi connectivity index (χ3n) is 4.29. The van der Waals surface area contributed by atoms with Gasteiger partial charge in [0.15, 0.2) is 6.10 Å². The topological polar surface area (TPSA) is 89.9 Å². The van der Waals surface area contributed by atoms with Gasteiger partial charge in [-0.05, 0) is 25.7 Å². The second kappa shape index (κ2) is 9.53. The van der Waals surface area contributed by atoms with Crippen LogP contribution in [0.2, 0.25) is 0 Å². The second-order valence-corrected chi connectivity index (χ2v) is 6.06. The van der Waals surface area contributed by atoms with Gasteiger partial charge >= 0.3 is 17.9 Å². The molecule has 2 atom stereocenters. The number of carboxylic acids is 1. The lowest BCUT2D eigenvalue weighted by Crippen LogP contribution is -2.54. The Morgan fingerprint density at radius 2 is 1.65 bits per heavy atom. The van der Waals surface area contributed by atoms with E-state index in [1.165, 1.54) is 0 Å². The molecule has 1 fully saturated rings.